The quantitative estimate of drug-likeness (QED) is 0.699. The van der Waals surface area contributed by atoms with E-state index in [-0.39, 0.29) is 24.0 Å². The summed E-state index contributed by atoms with van der Waals surface area (Å²) in [6.45, 7) is 7.01. The van der Waals surface area contributed by atoms with Gasteiger partial charge in [-0.15, -0.1) is 12.4 Å². The highest BCUT2D eigenvalue weighted by Gasteiger charge is 2.24. The third-order valence-corrected chi connectivity index (χ3v) is 4.39. The van der Waals surface area contributed by atoms with Crippen molar-refractivity contribution in [3.8, 4) is 11.4 Å². The number of amides is 1. The van der Waals surface area contributed by atoms with Crippen molar-refractivity contribution in [2.75, 3.05) is 13.2 Å². The third-order valence-electron chi connectivity index (χ3n) is 4.39. The van der Waals surface area contributed by atoms with E-state index in [1.807, 2.05) is 51.1 Å². The zero-order chi connectivity index (χ0) is 18.3. The molecule has 0 aliphatic carbocycles. The molecule has 1 amide bonds. The number of halogens is 1. The molecule has 0 unspecified atom stereocenters. The molecule has 0 aliphatic rings. The number of nitrogens with two attached hydrogens (primary N) is 1. The molecule has 1 aromatic heterocycles. The van der Waals surface area contributed by atoms with Crippen molar-refractivity contribution in [1.82, 2.24) is 15.1 Å². The Hall–Kier alpha value is -2.05. The molecule has 2 rings (SSSR count). The maximum Gasteiger partial charge on any atom is 0.275 e. The Morgan fingerprint density at radius 3 is 2.46 bits per heavy atom. The van der Waals surface area contributed by atoms with E-state index in [9.17, 15) is 4.79 Å². The fraction of sp³-hybridized carbons (Fsp3) is 0.474. The maximum atomic E-state index is 12.6. The smallest absolute Gasteiger partial charge is 0.275 e. The minimum atomic E-state index is -0.401. The second-order valence-corrected chi connectivity index (χ2v) is 6.22. The molecule has 0 aliphatic heterocycles. The van der Waals surface area contributed by atoms with E-state index in [2.05, 4.69) is 10.4 Å². The van der Waals surface area contributed by atoms with E-state index in [0.717, 1.165) is 24.9 Å². The lowest BCUT2D eigenvalue weighted by Gasteiger charge is -2.26. The van der Waals surface area contributed by atoms with Gasteiger partial charge in [-0.05, 0) is 31.4 Å². The van der Waals surface area contributed by atoms with Crippen LogP contribution in [0.15, 0.2) is 36.5 Å². The average Bonchev–Trinajstić information content (AvgIpc) is 3.09. The molecule has 0 fully saturated rings. The molecule has 3 N–H and O–H groups in total. The number of carbonyl (C=O) groups excluding carboxylic acids is 1. The number of para-hydroxylation sites is 1. The minimum Gasteiger partial charge on any atom is -0.489 e. The van der Waals surface area contributed by atoms with E-state index >= 15 is 0 Å². The second-order valence-electron chi connectivity index (χ2n) is 6.22. The molecule has 6 nitrogen and oxygen atoms in total. The van der Waals surface area contributed by atoms with E-state index in [1.54, 1.807) is 10.9 Å². The first-order valence-electron chi connectivity index (χ1n) is 8.88. The SMILES string of the molecule is CCCOc1cn(-c2ccccc2)nc1C(=O)NCC(N)(CC)CC.Cl. The van der Waals surface area contributed by atoms with Gasteiger partial charge in [0.2, 0.25) is 0 Å². The largest absolute Gasteiger partial charge is 0.489 e. The first-order valence-corrected chi connectivity index (χ1v) is 8.88. The molecule has 0 saturated heterocycles. The van der Waals surface area contributed by atoms with Crippen molar-refractivity contribution in [2.45, 2.75) is 45.6 Å². The number of rotatable bonds is 9. The normalized spacial score (nSPS) is 10.9. The molecule has 0 atom stereocenters. The Morgan fingerprint density at radius 1 is 1.23 bits per heavy atom. The second kappa shape index (κ2) is 10.2. The topological polar surface area (TPSA) is 82.2 Å². The van der Waals surface area contributed by atoms with Crippen LogP contribution in [0.25, 0.3) is 5.69 Å². The first-order chi connectivity index (χ1) is 12.0. The van der Waals surface area contributed by atoms with Crippen LogP contribution in [0.2, 0.25) is 0 Å². The van der Waals surface area contributed by atoms with Crippen molar-refractivity contribution in [2.24, 2.45) is 5.73 Å². The lowest BCUT2D eigenvalue weighted by molar-refractivity contribution is 0.0932. The molecule has 2 aromatic rings. The van der Waals surface area contributed by atoms with E-state index < -0.39 is 5.54 Å². The summed E-state index contributed by atoms with van der Waals surface area (Å²) in [4.78, 5) is 12.6. The summed E-state index contributed by atoms with van der Waals surface area (Å²) in [5.74, 6) is 0.219. The van der Waals surface area contributed by atoms with E-state index in [4.69, 9.17) is 10.5 Å². The number of hydrogen-bond donors (Lipinski definition) is 2. The van der Waals surface area contributed by atoms with Gasteiger partial charge in [-0.1, -0.05) is 39.0 Å². The predicted molar refractivity (Wildman–Crippen MR) is 106 cm³/mol. The Morgan fingerprint density at radius 2 is 1.88 bits per heavy atom. The minimum absolute atomic E-state index is 0. The van der Waals surface area contributed by atoms with Crippen LogP contribution >= 0.6 is 12.4 Å². The highest BCUT2D eigenvalue weighted by molar-refractivity contribution is 5.95. The molecule has 26 heavy (non-hydrogen) atoms. The molecule has 0 radical (unpaired) electrons. The van der Waals surface area contributed by atoms with Gasteiger partial charge in [-0.2, -0.15) is 5.10 Å². The van der Waals surface area contributed by atoms with Crippen molar-refractivity contribution in [3.05, 3.63) is 42.2 Å². The van der Waals surface area contributed by atoms with Crippen LogP contribution in [0, 0.1) is 0 Å². The molecule has 1 aromatic carbocycles. The molecule has 144 valence electrons. The summed E-state index contributed by atoms with van der Waals surface area (Å²) < 4.78 is 7.38. The zero-order valence-electron chi connectivity index (χ0n) is 15.7. The van der Waals surface area contributed by atoms with Gasteiger partial charge in [0.25, 0.3) is 5.91 Å². The molecule has 0 saturated carbocycles. The van der Waals surface area contributed by atoms with Crippen LogP contribution in [-0.2, 0) is 0 Å². The van der Waals surface area contributed by atoms with Gasteiger partial charge < -0.3 is 15.8 Å². The highest BCUT2D eigenvalue weighted by Crippen LogP contribution is 2.20. The van der Waals surface area contributed by atoms with Crippen LogP contribution in [0.4, 0.5) is 0 Å². The summed E-state index contributed by atoms with van der Waals surface area (Å²) >= 11 is 0. The van der Waals surface area contributed by atoms with Crippen LogP contribution in [0.5, 0.6) is 5.75 Å². The first kappa shape index (κ1) is 22.0. The number of nitrogens with one attached hydrogen (secondary N) is 1. The van der Waals surface area contributed by atoms with Crippen molar-refractivity contribution >= 4 is 18.3 Å². The van der Waals surface area contributed by atoms with Crippen LogP contribution in [-0.4, -0.2) is 34.4 Å². The van der Waals surface area contributed by atoms with E-state index in [1.165, 1.54) is 0 Å². The molecule has 7 heteroatoms. The number of hydrogen-bond acceptors (Lipinski definition) is 4. The number of aromatic nitrogens is 2. The van der Waals surface area contributed by atoms with Gasteiger partial charge in [0.15, 0.2) is 11.4 Å². The summed E-state index contributed by atoms with van der Waals surface area (Å²) in [5.41, 5.74) is 7.02. The highest BCUT2D eigenvalue weighted by atomic mass is 35.5. The summed E-state index contributed by atoms with van der Waals surface area (Å²) in [6.07, 6.45) is 4.19. The Kier molecular flexibility index (Phi) is 8.61. The molecular formula is C19H29ClN4O2. The number of ether oxygens (including phenoxy) is 1. The summed E-state index contributed by atoms with van der Waals surface area (Å²) in [7, 11) is 0. The third kappa shape index (κ3) is 5.47. The monoisotopic (exact) mass is 380 g/mol. The number of carbonyl (C=O) groups is 1. The maximum absolute atomic E-state index is 12.6. The molecule has 1 heterocycles. The Bertz CT molecular complexity index is 684. The van der Waals surface area contributed by atoms with Crippen LogP contribution < -0.4 is 15.8 Å². The van der Waals surface area contributed by atoms with Gasteiger partial charge in [-0.25, -0.2) is 4.68 Å². The zero-order valence-corrected chi connectivity index (χ0v) is 16.5. The fourth-order valence-corrected chi connectivity index (χ4v) is 2.39. The van der Waals surface area contributed by atoms with Crippen molar-refractivity contribution < 1.29 is 9.53 Å². The van der Waals surface area contributed by atoms with Gasteiger partial charge in [0.1, 0.15) is 0 Å². The summed E-state index contributed by atoms with van der Waals surface area (Å²) in [5, 5.41) is 7.33. The van der Waals surface area contributed by atoms with E-state index in [0.29, 0.717) is 18.9 Å². The van der Waals surface area contributed by atoms with Crippen LogP contribution in [0.1, 0.15) is 50.5 Å². The number of nitrogens with zero attached hydrogens (tertiary/aromatic N) is 2. The predicted octanol–water partition coefficient (Wildman–Crippen LogP) is 3.33. The van der Waals surface area contributed by atoms with Crippen LogP contribution in [0.3, 0.4) is 0 Å². The number of benzene rings is 1. The van der Waals surface area contributed by atoms with Gasteiger partial charge in [0, 0.05) is 12.1 Å². The summed E-state index contributed by atoms with van der Waals surface area (Å²) in [6, 6.07) is 9.64. The lowest BCUT2D eigenvalue weighted by atomic mass is 9.94. The fourth-order valence-electron chi connectivity index (χ4n) is 2.39. The lowest BCUT2D eigenvalue weighted by Crippen LogP contribution is -2.49. The van der Waals surface area contributed by atoms with Gasteiger partial charge in [-0.3, -0.25) is 4.79 Å². The standard InChI is InChI=1S/C19H28N4O2.ClH/c1-4-12-25-16-13-23(15-10-8-7-9-11-15)22-17(16)18(24)21-14-19(20,5-2)6-3;/h7-11,13H,4-6,12,14,20H2,1-3H3,(H,21,24);1H. The van der Waals surface area contributed by atoms with Gasteiger partial charge >= 0.3 is 0 Å². The Labute approximate surface area is 161 Å². The molecule has 0 spiro atoms. The Balaban J connectivity index is 0.00000338. The molecule has 0 bridgehead atoms. The van der Waals surface area contributed by atoms with Gasteiger partial charge in [0.05, 0.1) is 18.5 Å². The average molecular weight is 381 g/mol. The van der Waals surface area contributed by atoms with Crippen molar-refractivity contribution in [1.29, 1.82) is 0 Å². The molecular weight excluding hydrogens is 352 g/mol. The van der Waals surface area contributed by atoms with Crippen molar-refractivity contribution in [3.63, 3.8) is 0 Å².